The quantitative estimate of drug-likeness (QED) is 0.757. The standard InChI is InChI=1S/C19H16ClN3O/c1-12-2-4-13(5-3-12)16-10-18(24)22-19-17(16)11-21-23(19)15-8-6-14(20)7-9-15/h2-9,11,16H,10H2,1H3,(H,22,24). The second kappa shape index (κ2) is 5.80. The van der Waals surface area contributed by atoms with Crippen LogP contribution in [0.5, 0.6) is 0 Å². The van der Waals surface area contributed by atoms with Crippen molar-refractivity contribution in [3.63, 3.8) is 0 Å². The number of anilines is 1. The maximum Gasteiger partial charge on any atom is 0.226 e. The van der Waals surface area contributed by atoms with Crippen LogP contribution < -0.4 is 5.32 Å². The van der Waals surface area contributed by atoms with Crippen molar-refractivity contribution in [2.45, 2.75) is 19.3 Å². The molecule has 1 aliphatic heterocycles. The van der Waals surface area contributed by atoms with Crippen LogP contribution in [0.2, 0.25) is 5.02 Å². The summed E-state index contributed by atoms with van der Waals surface area (Å²) >= 11 is 5.96. The molecule has 0 spiro atoms. The van der Waals surface area contributed by atoms with Crippen molar-refractivity contribution in [1.29, 1.82) is 0 Å². The first-order valence-electron chi connectivity index (χ1n) is 7.82. The number of benzene rings is 2. The summed E-state index contributed by atoms with van der Waals surface area (Å²) in [5, 5.41) is 8.11. The third-order valence-corrected chi connectivity index (χ3v) is 4.62. The minimum Gasteiger partial charge on any atom is -0.310 e. The van der Waals surface area contributed by atoms with Gasteiger partial charge < -0.3 is 5.32 Å². The molecule has 2 heterocycles. The molecule has 2 aromatic carbocycles. The number of rotatable bonds is 2. The van der Waals surface area contributed by atoms with Gasteiger partial charge in [-0.15, -0.1) is 0 Å². The Labute approximate surface area is 145 Å². The van der Waals surface area contributed by atoms with Crippen molar-refractivity contribution < 1.29 is 4.79 Å². The summed E-state index contributed by atoms with van der Waals surface area (Å²) in [6, 6.07) is 15.7. The van der Waals surface area contributed by atoms with E-state index >= 15 is 0 Å². The van der Waals surface area contributed by atoms with Crippen molar-refractivity contribution in [3.05, 3.63) is 76.4 Å². The van der Waals surface area contributed by atoms with Gasteiger partial charge in [0.05, 0.1) is 11.9 Å². The number of hydrogen-bond acceptors (Lipinski definition) is 2. The molecule has 0 radical (unpaired) electrons. The van der Waals surface area contributed by atoms with E-state index in [1.807, 2.05) is 30.5 Å². The highest BCUT2D eigenvalue weighted by atomic mass is 35.5. The molecule has 24 heavy (non-hydrogen) atoms. The molecule has 120 valence electrons. The summed E-state index contributed by atoms with van der Waals surface area (Å²) < 4.78 is 1.75. The van der Waals surface area contributed by atoms with E-state index in [0.717, 1.165) is 22.6 Å². The highest BCUT2D eigenvalue weighted by molar-refractivity contribution is 6.30. The van der Waals surface area contributed by atoms with Gasteiger partial charge in [0.15, 0.2) is 0 Å². The van der Waals surface area contributed by atoms with Gasteiger partial charge in [-0.3, -0.25) is 4.79 Å². The summed E-state index contributed by atoms with van der Waals surface area (Å²) in [5.41, 5.74) is 4.24. The topological polar surface area (TPSA) is 46.9 Å². The van der Waals surface area contributed by atoms with Crippen molar-refractivity contribution in [2.75, 3.05) is 5.32 Å². The second-order valence-corrected chi connectivity index (χ2v) is 6.49. The van der Waals surface area contributed by atoms with Crippen LogP contribution in [0.15, 0.2) is 54.7 Å². The third-order valence-electron chi connectivity index (χ3n) is 4.37. The zero-order chi connectivity index (χ0) is 16.7. The summed E-state index contributed by atoms with van der Waals surface area (Å²) in [7, 11) is 0. The zero-order valence-corrected chi connectivity index (χ0v) is 13.9. The Bertz CT molecular complexity index is 897. The lowest BCUT2D eigenvalue weighted by Gasteiger charge is -2.24. The number of fused-ring (bicyclic) bond motifs is 1. The van der Waals surface area contributed by atoms with Gasteiger partial charge in [0, 0.05) is 22.9 Å². The first-order chi connectivity index (χ1) is 11.6. The lowest BCUT2D eigenvalue weighted by molar-refractivity contribution is -0.116. The van der Waals surface area contributed by atoms with Crippen LogP contribution in [-0.2, 0) is 4.79 Å². The molecular weight excluding hydrogens is 322 g/mol. The summed E-state index contributed by atoms with van der Waals surface area (Å²) in [4.78, 5) is 12.2. The molecule has 1 unspecified atom stereocenters. The molecule has 1 aliphatic rings. The molecule has 1 amide bonds. The fourth-order valence-corrected chi connectivity index (χ4v) is 3.22. The highest BCUT2D eigenvalue weighted by Gasteiger charge is 2.30. The van der Waals surface area contributed by atoms with Crippen LogP contribution in [0.25, 0.3) is 5.69 Å². The average molecular weight is 338 g/mol. The number of hydrogen-bond donors (Lipinski definition) is 1. The van der Waals surface area contributed by atoms with Crippen molar-refractivity contribution in [2.24, 2.45) is 0 Å². The minimum absolute atomic E-state index is 0.00351. The van der Waals surface area contributed by atoms with Crippen LogP contribution in [0.3, 0.4) is 0 Å². The minimum atomic E-state index is 0.00351. The number of nitrogens with one attached hydrogen (secondary N) is 1. The average Bonchev–Trinajstić information content (AvgIpc) is 2.99. The Balaban J connectivity index is 1.80. The van der Waals surface area contributed by atoms with E-state index in [2.05, 4.69) is 41.6 Å². The van der Waals surface area contributed by atoms with E-state index in [-0.39, 0.29) is 11.8 Å². The molecule has 0 fully saturated rings. The molecule has 0 saturated heterocycles. The maximum absolute atomic E-state index is 12.2. The normalized spacial score (nSPS) is 16.6. The van der Waals surface area contributed by atoms with E-state index in [9.17, 15) is 4.79 Å². The third kappa shape index (κ3) is 2.59. The van der Waals surface area contributed by atoms with Gasteiger partial charge in [-0.25, -0.2) is 4.68 Å². The van der Waals surface area contributed by atoms with Gasteiger partial charge in [0.1, 0.15) is 5.82 Å². The van der Waals surface area contributed by atoms with Gasteiger partial charge in [-0.05, 0) is 36.8 Å². The number of nitrogens with zero attached hydrogens (tertiary/aromatic N) is 2. The predicted molar refractivity (Wildman–Crippen MR) is 94.8 cm³/mol. The van der Waals surface area contributed by atoms with Gasteiger partial charge in [0.25, 0.3) is 0 Å². The second-order valence-electron chi connectivity index (χ2n) is 6.05. The number of aryl methyl sites for hydroxylation is 1. The fourth-order valence-electron chi connectivity index (χ4n) is 3.09. The van der Waals surface area contributed by atoms with E-state index in [1.54, 1.807) is 4.68 Å². The zero-order valence-electron chi connectivity index (χ0n) is 13.2. The van der Waals surface area contributed by atoms with Crippen molar-refractivity contribution in [3.8, 4) is 5.69 Å². The Morgan fingerprint density at radius 2 is 1.83 bits per heavy atom. The van der Waals surface area contributed by atoms with Gasteiger partial charge in [-0.1, -0.05) is 41.4 Å². The van der Waals surface area contributed by atoms with E-state index in [1.165, 1.54) is 5.56 Å². The molecule has 3 aromatic rings. The number of amides is 1. The first-order valence-corrected chi connectivity index (χ1v) is 8.20. The molecule has 0 saturated carbocycles. The lowest BCUT2D eigenvalue weighted by Crippen LogP contribution is -2.24. The Morgan fingerprint density at radius 1 is 1.12 bits per heavy atom. The number of carbonyl (C=O) groups is 1. The van der Waals surface area contributed by atoms with Gasteiger partial charge in [-0.2, -0.15) is 5.10 Å². The van der Waals surface area contributed by atoms with E-state index in [0.29, 0.717) is 11.4 Å². The van der Waals surface area contributed by atoms with Crippen molar-refractivity contribution >= 4 is 23.3 Å². The molecule has 1 atom stereocenters. The summed E-state index contributed by atoms with van der Waals surface area (Å²) in [6.07, 6.45) is 2.27. The highest BCUT2D eigenvalue weighted by Crippen LogP contribution is 2.38. The molecule has 0 bridgehead atoms. The molecule has 4 nitrogen and oxygen atoms in total. The fraction of sp³-hybridized carbons (Fsp3) is 0.158. The molecule has 0 aliphatic carbocycles. The number of halogens is 1. The SMILES string of the molecule is Cc1ccc(C2CC(=O)Nc3c2cnn3-c2ccc(Cl)cc2)cc1. The Hall–Kier alpha value is -2.59. The summed E-state index contributed by atoms with van der Waals surface area (Å²) in [5.74, 6) is 0.762. The molecular formula is C19H16ClN3O. The van der Waals surface area contributed by atoms with Crippen molar-refractivity contribution in [1.82, 2.24) is 9.78 Å². The van der Waals surface area contributed by atoms with Crippen LogP contribution in [0.1, 0.15) is 29.0 Å². The molecule has 1 aromatic heterocycles. The predicted octanol–water partition coefficient (Wildman–Crippen LogP) is 4.31. The number of aromatic nitrogens is 2. The largest absolute Gasteiger partial charge is 0.310 e. The molecule has 4 rings (SSSR count). The van der Waals surface area contributed by atoms with E-state index < -0.39 is 0 Å². The monoisotopic (exact) mass is 337 g/mol. The lowest BCUT2D eigenvalue weighted by atomic mass is 9.87. The first kappa shape index (κ1) is 15.0. The van der Waals surface area contributed by atoms with Crippen LogP contribution in [0.4, 0.5) is 5.82 Å². The van der Waals surface area contributed by atoms with Crippen LogP contribution in [0, 0.1) is 6.92 Å². The molecule has 1 N–H and O–H groups in total. The summed E-state index contributed by atoms with van der Waals surface area (Å²) in [6.45, 7) is 2.06. The molecule has 5 heteroatoms. The van der Waals surface area contributed by atoms with Crippen LogP contribution >= 0.6 is 11.6 Å². The van der Waals surface area contributed by atoms with Gasteiger partial charge >= 0.3 is 0 Å². The van der Waals surface area contributed by atoms with Crippen LogP contribution in [-0.4, -0.2) is 15.7 Å². The van der Waals surface area contributed by atoms with E-state index in [4.69, 9.17) is 11.6 Å². The van der Waals surface area contributed by atoms with Gasteiger partial charge in [0.2, 0.25) is 5.91 Å². The smallest absolute Gasteiger partial charge is 0.226 e. The Morgan fingerprint density at radius 3 is 2.54 bits per heavy atom. The maximum atomic E-state index is 12.2. The number of carbonyl (C=O) groups excluding carboxylic acids is 1. The Kier molecular flexibility index (Phi) is 3.62.